The molecule has 0 bridgehead atoms. The zero-order valence-corrected chi connectivity index (χ0v) is 10.6. The number of ether oxygens (including phenoxy) is 1. The summed E-state index contributed by atoms with van der Waals surface area (Å²) in [5.41, 5.74) is 1.01. The SMILES string of the molecule is CCNC(C)CCc1ccc(OC(F)(F)F)cc1. The molecule has 1 rings (SSSR count). The standard InChI is InChI=1S/C13H18F3NO/c1-3-17-10(2)4-5-11-6-8-12(9-7-11)18-13(14,15)16/h6-10,17H,3-5H2,1-2H3. The smallest absolute Gasteiger partial charge is 0.406 e. The summed E-state index contributed by atoms with van der Waals surface area (Å²) < 4.78 is 39.7. The van der Waals surface area contributed by atoms with Crippen LogP contribution < -0.4 is 10.1 Å². The number of hydrogen-bond donors (Lipinski definition) is 1. The van der Waals surface area contributed by atoms with Crippen molar-refractivity contribution in [1.82, 2.24) is 5.32 Å². The van der Waals surface area contributed by atoms with Crippen molar-refractivity contribution >= 4 is 0 Å². The van der Waals surface area contributed by atoms with Gasteiger partial charge in [-0.2, -0.15) is 0 Å². The molecule has 0 amide bonds. The average Bonchev–Trinajstić information content (AvgIpc) is 2.26. The van der Waals surface area contributed by atoms with Gasteiger partial charge in [-0.1, -0.05) is 19.1 Å². The molecular formula is C13H18F3NO. The van der Waals surface area contributed by atoms with Gasteiger partial charge in [0.1, 0.15) is 5.75 Å². The van der Waals surface area contributed by atoms with Gasteiger partial charge in [-0.15, -0.1) is 13.2 Å². The highest BCUT2D eigenvalue weighted by molar-refractivity contribution is 5.27. The van der Waals surface area contributed by atoms with Gasteiger partial charge in [-0.25, -0.2) is 0 Å². The molecule has 0 aliphatic rings. The highest BCUT2D eigenvalue weighted by Gasteiger charge is 2.30. The number of rotatable bonds is 6. The molecule has 0 aliphatic carbocycles. The fourth-order valence-corrected chi connectivity index (χ4v) is 1.69. The molecule has 0 aliphatic heterocycles. The minimum absolute atomic E-state index is 0.175. The topological polar surface area (TPSA) is 21.3 Å². The first-order chi connectivity index (χ1) is 8.40. The van der Waals surface area contributed by atoms with Crippen LogP contribution in [0.25, 0.3) is 0 Å². The van der Waals surface area contributed by atoms with E-state index in [-0.39, 0.29) is 5.75 Å². The summed E-state index contributed by atoms with van der Waals surface area (Å²) in [5, 5.41) is 3.28. The van der Waals surface area contributed by atoms with Gasteiger partial charge in [0.2, 0.25) is 0 Å². The minimum Gasteiger partial charge on any atom is -0.406 e. The summed E-state index contributed by atoms with van der Waals surface area (Å²) in [5.74, 6) is -0.175. The van der Waals surface area contributed by atoms with Gasteiger partial charge in [0, 0.05) is 6.04 Å². The van der Waals surface area contributed by atoms with Crippen LogP contribution in [0.15, 0.2) is 24.3 Å². The molecule has 18 heavy (non-hydrogen) atoms. The van der Waals surface area contributed by atoms with E-state index in [9.17, 15) is 13.2 Å². The van der Waals surface area contributed by atoms with Crippen molar-refractivity contribution in [3.63, 3.8) is 0 Å². The third-order valence-corrected chi connectivity index (χ3v) is 2.58. The molecule has 1 unspecified atom stereocenters. The second-order valence-electron chi connectivity index (χ2n) is 4.19. The van der Waals surface area contributed by atoms with Crippen molar-refractivity contribution in [2.45, 2.75) is 39.1 Å². The first kappa shape index (κ1) is 14.8. The average molecular weight is 261 g/mol. The Kier molecular flexibility index (Phi) is 5.47. The first-order valence-corrected chi connectivity index (χ1v) is 5.99. The van der Waals surface area contributed by atoms with E-state index in [1.807, 2.05) is 6.92 Å². The Morgan fingerprint density at radius 1 is 1.22 bits per heavy atom. The van der Waals surface area contributed by atoms with E-state index in [0.717, 1.165) is 24.9 Å². The Morgan fingerprint density at radius 2 is 1.83 bits per heavy atom. The molecule has 1 aromatic rings. The Morgan fingerprint density at radius 3 is 2.33 bits per heavy atom. The molecule has 0 radical (unpaired) electrons. The lowest BCUT2D eigenvalue weighted by atomic mass is 10.1. The van der Waals surface area contributed by atoms with E-state index in [4.69, 9.17) is 0 Å². The van der Waals surface area contributed by atoms with Crippen LogP contribution in [0.3, 0.4) is 0 Å². The van der Waals surface area contributed by atoms with Crippen LogP contribution in [0.4, 0.5) is 13.2 Å². The molecule has 0 spiro atoms. The van der Waals surface area contributed by atoms with Crippen LogP contribution >= 0.6 is 0 Å². The molecule has 1 aromatic carbocycles. The number of benzene rings is 1. The summed E-state index contributed by atoms with van der Waals surface area (Å²) in [6, 6.07) is 6.43. The van der Waals surface area contributed by atoms with Gasteiger partial charge in [0.15, 0.2) is 0 Å². The van der Waals surface area contributed by atoms with Crippen molar-refractivity contribution in [2.24, 2.45) is 0 Å². The normalized spacial score (nSPS) is 13.4. The molecular weight excluding hydrogens is 243 g/mol. The molecule has 0 saturated carbocycles. The predicted molar refractivity (Wildman–Crippen MR) is 64.6 cm³/mol. The van der Waals surface area contributed by atoms with Gasteiger partial charge in [0.25, 0.3) is 0 Å². The monoisotopic (exact) mass is 261 g/mol. The predicted octanol–water partition coefficient (Wildman–Crippen LogP) is 3.52. The maximum absolute atomic E-state index is 12.0. The Bertz CT molecular complexity index is 348. The fraction of sp³-hybridized carbons (Fsp3) is 0.538. The second kappa shape index (κ2) is 6.64. The zero-order chi connectivity index (χ0) is 13.6. The lowest BCUT2D eigenvalue weighted by Crippen LogP contribution is -2.25. The van der Waals surface area contributed by atoms with E-state index in [1.54, 1.807) is 12.1 Å². The Hall–Kier alpha value is -1.23. The van der Waals surface area contributed by atoms with Crippen LogP contribution in [0.1, 0.15) is 25.8 Å². The zero-order valence-electron chi connectivity index (χ0n) is 10.6. The number of hydrogen-bond acceptors (Lipinski definition) is 2. The van der Waals surface area contributed by atoms with Crippen molar-refractivity contribution in [2.75, 3.05) is 6.54 Å². The lowest BCUT2D eigenvalue weighted by Gasteiger charge is -2.12. The second-order valence-corrected chi connectivity index (χ2v) is 4.19. The summed E-state index contributed by atoms with van der Waals surface area (Å²) in [6.07, 6.45) is -2.84. The van der Waals surface area contributed by atoms with Crippen molar-refractivity contribution in [3.8, 4) is 5.75 Å². The molecule has 0 fully saturated rings. The molecule has 5 heteroatoms. The third kappa shape index (κ3) is 5.91. The number of nitrogens with one attached hydrogen (secondary N) is 1. The van der Waals surface area contributed by atoms with Gasteiger partial charge in [0.05, 0.1) is 0 Å². The van der Waals surface area contributed by atoms with E-state index >= 15 is 0 Å². The fourth-order valence-electron chi connectivity index (χ4n) is 1.69. The van der Waals surface area contributed by atoms with Crippen LogP contribution in [-0.2, 0) is 6.42 Å². The van der Waals surface area contributed by atoms with Gasteiger partial charge in [-0.05, 0) is 44.0 Å². The van der Waals surface area contributed by atoms with Crippen molar-refractivity contribution < 1.29 is 17.9 Å². The molecule has 0 heterocycles. The molecule has 0 saturated heterocycles. The number of halogens is 3. The minimum atomic E-state index is -4.62. The van der Waals surface area contributed by atoms with Crippen LogP contribution in [0, 0.1) is 0 Å². The van der Waals surface area contributed by atoms with Gasteiger partial charge < -0.3 is 10.1 Å². The maximum atomic E-state index is 12.0. The van der Waals surface area contributed by atoms with E-state index in [2.05, 4.69) is 17.0 Å². The summed E-state index contributed by atoms with van der Waals surface area (Å²) in [6.45, 7) is 5.05. The van der Waals surface area contributed by atoms with Crippen molar-refractivity contribution in [3.05, 3.63) is 29.8 Å². The highest BCUT2D eigenvalue weighted by atomic mass is 19.4. The summed E-state index contributed by atoms with van der Waals surface area (Å²) in [7, 11) is 0. The lowest BCUT2D eigenvalue weighted by molar-refractivity contribution is -0.274. The van der Waals surface area contributed by atoms with Crippen molar-refractivity contribution in [1.29, 1.82) is 0 Å². The van der Waals surface area contributed by atoms with Crippen LogP contribution in [0.2, 0.25) is 0 Å². The van der Waals surface area contributed by atoms with Crippen LogP contribution in [-0.4, -0.2) is 18.9 Å². The van der Waals surface area contributed by atoms with Gasteiger partial charge >= 0.3 is 6.36 Å². The Labute approximate surface area is 105 Å². The quantitative estimate of drug-likeness (QED) is 0.846. The molecule has 1 N–H and O–H groups in total. The van der Waals surface area contributed by atoms with Crippen LogP contribution in [0.5, 0.6) is 5.75 Å². The van der Waals surface area contributed by atoms with E-state index in [0.29, 0.717) is 6.04 Å². The van der Waals surface area contributed by atoms with Gasteiger partial charge in [-0.3, -0.25) is 0 Å². The highest BCUT2D eigenvalue weighted by Crippen LogP contribution is 2.23. The molecule has 1 atom stereocenters. The molecule has 2 nitrogen and oxygen atoms in total. The molecule has 102 valence electrons. The van der Waals surface area contributed by atoms with E-state index < -0.39 is 6.36 Å². The Balaban J connectivity index is 2.45. The number of alkyl halides is 3. The summed E-state index contributed by atoms with van der Waals surface area (Å²) >= 11 is 0. The number of aryl methyl sites for hydroxylation is 1. The maximum Gasteiger partial charge on any atom is 0.573 e. The molecule has 0 aromatic heterocycles. The largest absolute Gasteiger partial charge is 0.573 e. The third-order valence-electron chi connectivity index (χ3n) is 2.58. The first-order valence-electron chi connectivity index (χ1n) is 5.99. The summed E-state index contributed by atoms with van der Waals surface area (Å²) in [4.78, 5) is 0. The van der Waals surface area contributed by atoms with E-state index in [1.165, 1.54) is 12.1 Å².